The second kappa shape index (κ2) is 3.95. The van der Waals surface area contributed by atoms with Crippen LogP contribution in [0.5, 0.6) is 0 Å². The summed E-state index contributed by atoms with van der Waals surface area (Å²) in [6.07, 6.45) is 6.44. The lowest BCUT2D eigenvalue weighted by atomic mass is 9.97. The van der Waals surface area contributed by atoms with Gasteiger partial charge in [0.25, 0.3) is 0 Å². The van der Waals surface area contributed by atoms with E-state index in [0.717, 1.165) is 31.2 Å². The van der Waals surface area contributed by atoms with E-state index in [0.29, 0.717) is 5.56 Å². The summed E-state index contributed by atoms with van der Waals surface area (Å²) in [4.78, 5) is 4.25. The van der Waals surface area contributed by atoms with Crippen LogP contribution in [-0.4, -0.2) is 9.55 Å². The number of fused-ring (bicyclic) bond motifs is 1. The van der Waals surface area contributed by atoms with Gasteiger partial charge in [-0.3, -0.25) is 0 Å². The molecule has 0 saturated carbocycles. The van der Waals surface area contributed by atoms with Gasteiger partial charge in [-0.1, -0.05) is 0 Å². The Labute approximate surface area is 97.9 Å². The molecule has 0 saturated heterocycles. The van der Waals surface area contributed by atoms with Gasteiger partial charge in [0.1, 0.15) is 17.5 Å². The van der Waals surface area contributed by atoms with Gasteiger partial charge in [0.2, 0.25) is 0 Å². The van der Waals surface area contributed by atoms with Crippen LogP contribution in [0, 0.1) is 11.6 Å². The molecule has 1 atom stereocenters. The first-order valence-electron chi connectivity index (χ1n) is 5.72. The Balaban J connectivity index is 2.06. The lowest BCUT2D eigenvalue weighted by Crippen LogP contribution is -2.18. The summed E-state index contributed by atoms with van der Waals surface area (Å²) in [6, 6.07) is 3.72. The van der Waals surface area contributed by atoms with Gasteiger partial charge in [0.05, 0.1) is 6.04 Å². The highest BCUT2D eigenvalue weighted by Crippen LogP contribution is 2.30. The first-order valence-corrected chi connectivity index (χ1v) is 5.72. The van der Waals surface area contributed by atoms with Crippen molar-refractivity contribution in [3.63, 3.8) is 0 Å². The molecule has 0 aliphatic carbocycles. The Morgan fingerprint density at radius 1 is 1.18 bits per heavy atom. The number of hydrogen-bond donors (Lipinski definition) is 0. The Hall–Kier alpha value is -1.71. The molecular formula is C13H12F2N2. The maximum atomic E-state index is 13.2. The maximum Gasteiger partial charge on any atom is 0.126 e. The molecule has 1 aliphatic heterocycles. The molecule has 1 aromatic carbocycles. The summed E-state index contributed by atoms with van der Waals surface area (Å²) in [6.45, 7) is 0. The number of rotatable bonds is 1. The number of aryl methyl sites for hydroxylation is 1. The van der Waals surface area contributed by atoms with Crippen LogP contribution in [0.3, 0.4) is 0 Å². The molecule has 0 radical (unpaired) electrons. The minimum absolute atomic E-state index is 0.00597. The van der Waals surface area contributed by atoms with Crippen molar-refractivity contribution < 1.29 is 8.78 Å². The van der Waals surface area contributed by atoms with E-state index in [1.165, 1.54) is 12.1 Å². The van der Waals surface area contributed by atoms with Crippen molar-refractivity contribution in [2.24, 2.45) is 0 Å². The highest BCUT2D eigenvalue weighted by Gasteiger charge is 2.22. The third kappa shape index (κ3) is 1.84. The fourth-order valence-electron chi connectivity index (χ4n) is 2.51. The van der Waals surface area contributed by atoms with E-state index in [9.17, 15) is 8.78 Å². The van der Waals surface area contributed by atoms with E-state index >= 15 is 0 Å². The van der Waals surface area contributed by atoms with E-state index in [-0.39, 0.29) is 6.04 Å². The molecule has 3 rings (SSSR count). The van der Waals surface area contributed by atoms with E-state index in [1.54, 1.807) is 6.20 Å². The molecule has 88 valence electrons. The van der Waals surface area contributed by atoms with Gasteiger partial charge >= 0.3 is 0 Å². The average Bonchev–Trinajstić information content (AvgIpc) is 2.75. The van der Waals surface area contributed by atoms with Crippen molar-refractivity contribution >= 4 is 0 Å². The molecule has 0 bridgehead atoms. The summed E-state index contributed by atoms with van der Waals surface area (Å²) in [5, 5.41) is 0. The minimum Gasteiger partial charge on any atom is -0.327 e. The van der Waals surface area contributed by atoms with Crippen molar-refractivity contribution in [3.05, 3.63) is 53.6 Å². The zero-order chi connectivity index (χ0) is 11.8. The number of halogens is 2. The molecule has 0 amide bonds. The van der Waals surface area contributed by atoms with Gasteiger partial charge in [0, 0.05) is 24.9 Å². The molecule has 4 heteroatoms. The van der Waals surface area contributed by atoms with E-state index in [4.69, 9.17) is 0 Å². The Bertz CT molecular complexity index is 528. The molecule has 2 heterocycles. The monoisotopic (exact) mass is 234 g/mol. The Morgan fingerprint density at radius 3 is 2.71 bits per heavy atom. The molecule has 1 aromatic heterocycles. The van der Waals surface area contributed by atoms with Crippen LogP contribution < -0.4 is 0 Å². The zero-order valence-electron chi connectivity index (χ0n) is 9.24. The number of benzene rings is 1. The molecule has 0 N–H and O–H groups in total. The third-order valence-corrected chi connectivity index (χ3v) is 3.23. The van der Waals surface area contributed by atoms with Gasteiger partial charge in [-0.2, -0.15) is 0 Å². The van der Waals surface area contributed by atoms with E-state index in [1.807, 2.05) is 10.8 Å². The number of hydrogen-bond acceptors (Lipinski definition) is 1. The van der Waals surface area contributed by atoms with Crippen LogP contribution in [0.1, 0.15) is 30.3 Å². The molecule has 1 aliphatic rings. The van der Waals surface area contributed by atoms with Crippen LogP contribution in [0.25, 0.3) is 0 Å². The average molecular weight is 234 g/mol. The summed E-state index contributed by atoms with van der Waals surface area (Å²) >= 11 is 0. The number of aromatic nitrogens is 2. The van der Waals surface area contributed by atoms with Gasteiger partial charge in [-0.05, 0) is 30.5 Å². The topological polar surface area (TPSA) is 17.8 Å². The molecular weight excluding hydrogens is 222 g/mol. The lowest BCUT2D eigenvalue weighted by Gasteiger charge is -2.25. The molecule has 0 spiro atoms. The van der Waals surface area contributed by atoms with Crippen LogP contribution in [-0.2, 0) is 6.42 Å². The summed E-state index contributed by atoms with van der Waals surface area (Å²) in [7, 11) is 0. The van der Waals surface area contributed by atoms with Crippen molar-refractivity contribution in [3.8, 4) is 0 Å². The third-order valence-electron chi connectivity index (χ3n) is 3.23. The first-order chi connectivity index (χ1) is 8.24. The number of imidazole rings is 1. The van der Waals surface area contributed by atoms with Gasteiger partial charge in [-0.25, -0.2) is 13.8 Å². The zero-order valence-corrected chi connectivity index (χ0v) is 9.24. The standard InChI is InChI=1S/C13H12F2N2/c14-10-6-9(7-11(15)8-10)12-2-1-3-13-16-4-5-17(12)13/h4-8,12H,1-3H2. The predicted octanol–water partition coefficient (Wildman–Crippen LogP) is 3.09. The summed E-state index contributed by atoms with van der Waals surface area (Å²) < 4.78 is 28.5. The fourth-order valence-corrected chi connectivity index (χ4v) is 2.51. The van der Waals surface area contributed by atoms with E-state index in [2.05, 4.69) is 4.98 Å². The van der Waals surface area contributed by atoms with Gasteiger partial charge in [-0.15, -0.1) is 0 Å². The molecule has 1 unspecified atom stereocenters. The smallest absolute Gasteiger partial charge is 0.126 e. The largest absolute Gasteiger partial charge is 0.327 e. The van der Waals surface area contributed by atoms with Crippen molar-refractivity contribution in [2.75, 3.05) is 0 Å². The quantitative estimate of drug-likeness (QED) is 0.741. The van der Waals surface area contributed by atoms with Crippen LogP contribution in [0.15, 0.2) is 30.6 Å². The number of nitrogens with zero attached hydrogens (tertiary/aromatic N) is 2. The normalized spacial score (nSPS) is 19.1. The SMILES string of the molecule is Fc1cc(F)cc(C2CCCc3nccn32)c1. The second-order valence-electron chi connectivity index (χ2n) is 4.36. The Morgan fingerprint density at radius 2 is 1.94 bits per heavy atom. The van der Waals surface area contributed by atoms with Crippen molar-refractivity contribution in [2.45, 2.75) is 25.3 Å². The highest BCUT2D eigenvalue weighted by atomic mass is 19.1. The van der Waals surface area contributed by atoms with Crippen molar-refractivity contribution in [1.29, 1.82) is 0 Å². The summed E-state index contributed by atoms with van der Waals surface area (Å²) in [5.74, 6) is -0.0506. The van der Waals surface area contributed by atoms with Crippen LogP contribution in [0.4, 0.5) is 8.78 Å². The minimum atomic E-state index is -0.521. The molecule has 2 nitrogen and oxygen atoms in total. The second-order valence-corrected chi connectivity index (χ2v) is 4.36. The van der Waals surface area contributed by atoms with Crippen LogP contribution in [0.2, 0.25) is 0 Å². The maximum absolute atomic E-state index is 13.2. The Kier molecular flexibility index (Phi) is 2.42. The highest BCUT2D eigenvalue weighted by molar-refractivity contribution is 5.24. The van der Waals surface area contributed by atoms with Gasteiger partial charge < -0.3 is 4.57 Å². The van der Waals surface area contributed by atoms with Crippen LogP contribution >= 0.6 is 0 Å². The lowest BCUT2D eigenvalue weighted by molar-refractivity contribution is 0.445. The first kappa shape index (κ1) is 10.4. The molecule has 0 fully saturated rings. The van der Waals surface area contributed by atoms with E-state index < -0.39 is 11.6 Å². The molecule has 2 aromatic rings. The van der Waals surface area contributed by atoms with Gasteiger partial charge in [0.15, 0.2) is 0 Å². The predicted molar refractivity (Wildman–Crippen MR) is 59.7 cm³/mol. The van der Waals surface area contributed by atoms with Crippen molar-refractivity contribution in [1.82, 2.24) is 9.55 Å². The summed E-state index contributed by atoms with van der Waals surface area (Å²) in [5.41, 5.74) is 0.682. The fraction of sp³-hybridized carbons (Fsp3) is 0.308. The molecule has 17 heavy (non-hydrogen) atoms.